The largest absolute Gasteiger partial charge is 0.494 e. The van der Waals surface area contributed by atoms with Crippen molar-refractivity contribution in [3.05, 3.63) is 56.2 Å². The van der Waals surface area contributed by atoms with Gasteiger partial charge in [-0.25, -0.2) is 0 Å². The van der Waals surface area contributed by atoms with Gasteiger partial charge in [0.05, 0.1) is 6.04 Å². The molecule has 1 aromatic carbocycles. The van der Waals surface area contributed by atoms with Crippen molar-refractivity contribution < 1.29 is 5.11 Å². The summed E-state index contributed by atoms with van der Waals surface area (Å²) in [5.41, 5.74) is 3.32. The molecule has 0 radical (unpaired) electrons. The number of aromatic amines is 2. The molecule has 6 nitrogen and oxygen atoms in total. The predicted octanol–water partition coefficient (Wildman–Crippen LogP) is 4.64. The molecule has 0 bridgehead atoms. The van der Waals surface area contributed by atoms with Gasteiger partial charge in [-0.2, -0.15) is 0 Å². The molecule has 1 unspecified atom stereocenters. The predicted molar refractivity (Wildman–Crippen MR) is 123 cm³/mol. The molecule has 3 N–H and O–H groups in total. The number of nitrogens with zero attached hydrogens (tertiary/aromatic N) is 2. The van der Waals surface area contributed by atoms with Crippen molar-refractivity contribution in [3.63, 3.8) is 0 Å². The third-order valence-electron chi connectivity index (χ3n) is 6.24. The third kappa shape index (κ3) is 3.72. The minimum atomic E-state index is -0.341. The van der Waals surface area contributed by atoms with Crippen molar-refractivity contribution in [3.8, 4) is 5.88 Å². The van der Waals surface area contributed by atoms with Gasteiger partial charge in [-0.05, 0) is 43.7 Å². The monoisotopic (exact) mass is 426 g/mol. The summed E-state index contributed by atoms with van der Waals surface area (Å²) in [4.78, 5) is 21.4. The van der Waals surface area contributed by atoms with E-state index in [1.807, 2.05) is 19.2 Å². The normalized spacial score (nSPS) is 16.8. The highest BCUT2D eigenvalue weighted by Gasteiger charge is 2.34. The zero-order valence-electron chi connectivity index (χ0n) is 17.7. The summed E-state index contributed by atoms with van der Waals surface area (Å²) in [6.45, 7) is 3.61. The lowest BCUT2D eigenvalue weighted by Gasteiger charge is -2.33. The van der Waals surface area contributed by atoms with Crippen LogP contribution >= 0.6 is 12.2 Å². The van der Waals surface area contributed by atoms with E-state index < -0.39 is 0 Å². The van der Waals surface area contributed by atoms with Crippen LogP contribution in [-0.4, -0.2) is 38.1 Å². The van der Waals surface area contributed by atoms with E-state index in [-0.39, 0.29) is 22.3 Å². The van der Waals surface area contributed by atoms with Gasteiger partial charge >= 0.3 is 0 Å². The summed E-state index contributed by atoms with van der Waals surface area (Å²) in [5, 5.41) is 12.3. The van der Waals surface area contributed by atoms with Crippen LogP contribution in [0, 0.1) is 4.77 Å². The first-order valence-corrected chi connectivity index (χ1v) is 11.3. The lowest BCUT2D eigenvalue weighted by Crippen LogP contribution is -2.36. The van der Waals surface area contributed by atoms with Crippen LogP contribution in [0.25, 0.3) is 10.9 Å². The van der Waals surface area contributed by atoms with E-state index in [0.717, 1.165) is 37.0 Å². The van der Waals surface area contributed by atoms with Crippen molar-refractivity contribution in [2.24, 2.45) is 0 Å². The van der Waals surface area contributed by atoms with Gasteiger partial charge in [0.2, 0.25) is 5.88 Å². The molecule has 160 valence electrons. The zero-order chi connectivity index (χ0) is 21.3. The fraction of sp³-hybridized carbons (Fsp3) is 0.478. The smallest absolute Gasteiger partial charge is 0.260 e. The van der Waals surface area contributed by atoms with Gasteiger partial charge < -0.3 is 10.1 Å². The van der Waals surface area contributed by atoms with Crippen LogP contribution in [0.4, 0.5) is 0 Å². The molecular weight excluding hydrogens is 396 g/mol. The molecule has 2 aromatic heterocycles. The number of rotatable bonds is 7. The lowest BCUT2D eigenvalue weighted by molar-refractivity contribution is 0.250. The van der Waals surface area contributed by atoms with Crippen LogP contribution in [0.5, 0.6) is 5.88 Å². The molecular formula is C23H30N4O2S. The number of likely N-dealkylation sites (N-methyl/N-ethyl adjacent to an activating group) is 1. The second kappa shape index (κ2) is 8.78. The number of para-hydroxylation sites is 1. The lowest BCUT2D eigenvalue weighted by atomic mass is 9.94. The van der Waals surface area contributed by atoms with Gasteiger partial charge in [-0.3, -0.25) is 19.2 Å². The summed E-state index contributed by atoms with van der Waals surface area (Å²) < 4.78 is 1.97. The molecule has 0 fully saturated rings. The summed E-state index contributed by atoms with van der Waals surface area (Å²) in [5.74, 6) is -0.0115. The fourth-order valence-electron chi connectivity index (χ4n) is 4.63. The van der Waals surface area contributed by atoms with Crippen LogP contribution in [0.1, 0.15) is 61.9 Å². The van der Waals surface area contributed by atoms with Crippen LogP contribution in [-0.2, 0) is 13.0 Å². The molecule has 1 atom stereocenters. The Morgan fingerprint density at radius 1 is 1.17 bits per heavy atom. The van der Waals surface area contributed by atoms with Gasteiger partial charge in [0.25, 0.3) is 5.56 Å². The highest BCUT2D eigenvalue weighted by Crippen LogP contribution is 2.38. The number of fused-ring (bicyclic) bond motifs is 3. The molecule has 0 aliphatic carbocycles. The second-order valence-electron chi connectivity index (χ2n) is 8.26. The Kier molecular flexibility index (Phi) is 6.11. The Bertz CT molecular complexity index is 1160. The van der Waals surface area contributed by atoms with Crippen molar-refractivity contribution in [2.75, 3.05) is 13.6 Å². The number of hydrogen-bond donors (Lipinski definition) is 3. The molecule has 0 amide bonds. The molecule has 7 heteroatoms. The van der Waals surface area contributed by atoms with Gasteiger partial charge in [0.1, 0.15) is 5.56 Å². The highest BCUT2D eigenvalue weighted by molar-refractivity contribution is 7.71. The quantitative estimate of drug-likeness (QED) is 0.380. The second-order valence-corrected chi connectivity index (χ2v) is 8.65. The number of aromatic hydroxyl groups is 1. The number of nitrogens with one attached hydrogen (secondary N) is 2. The SMILES string of the molecule is CCCCCCCn1c(O)c(C2c3[nH]c4ccccc4c3CCN2C)c(=O)[nH]c1=S. The van der Waals surface area contributed by atoms with E-state index in [1.165, 1.54) is 30.2 Å². The van der Waals surface area contributed by atoms with Gasteiger partial charge in [0.15, 0.2) is 4.77 Å². The number of H-pyrrole nitrogens is 2. The van der Waals surface area contributed by atoms with E-state index in [1.54, 1.807) is 4.57 Å². The molecule has 3 heterocycles. The standard InChI is InChI=1S/C23H30N4O2S/c1-3-4-5-6-9-13-27-22(29)18(21(28)25-23(27)30)20-19-16(12-14-26(20)2)15-10-7-8-11-17(15)24-19/h7-8,10-11,20,24,29H,3-6,9,12-14H2,1-2H3,(H,25,28,30). The minimum Gasteiger partial charge on any atom is -0.494 e. The van der Waals surface area contributed by atoms with Crippen molar-refractivity contribution >= 4 is 23.1 Å². The fourth-order valence-corrected chi connectivity index (χ4v) is 4.90. The topological polar surface area (TPSA) is 77.1 Å². The maximum atomic E-state index is 13.0. The molecule has 3 aromatic rings. The molecule has 30 heavy (non-hydrogen) atoms. The third-order valence-corrected chi connectivity index (χ3v) is 6.56. The van der Waals surface area contributed by atoms with Crippen molar-refractivity contribution in [1.82, 2.24) is 19.4 Å². The highest BCUT2D eigenvalue weighted by atomic mass is 32.1. The summed E-state index contributed by atoms with van der Waals surface area (Å²) >= 11 is 5.37. The van der Waals surface area contributed by atoms with E-state index in [0.29, 0.717) is 12.1 Å². The molecule has 1 aliphatic rings. The summed E-state index contributed by atoms with van der Waals surface area (Å²) in [7, 11) is 1.99. The van der Waals surface area contributed by atoms with Crippen LogP contribution in [0.3, 0.4) is 0 Å². The van der Waals surface area contributed by atoms with Crippen LogP contribution < -0.4 is 5.56 Å². The first-order valence-electron chi connectivity index (χ1n) is 10.9. The zero-order valence-corrected chi connectivity index (χ0v) is 18.5. The minimum absolute atomic E-state index is 0.0115. The summed E-state index contributed by atoms with van der Waals surface area (Å²) in [6.07, 6.45) is 6.48. The molecule has 4 rings (SSSR count). The van der Waals surface area contributed by atoms with E-state index >= 15 is 0 Å². The molecule has 0 saturated heterocycles. The first kappa shape index (κ1) is 20.9. The average Bonchev–Trinajstić information content (AvgIpc) is 3.10. The van der Waals surface area contributed by atoms with Gasteiger partial charge in [-0.15, -0.1) is 0 Å². The Hall–Kier alpha value is -2.38. The van der Waals surface area contributed by atoms with E-state index in [2.05, 4.69) is 33.9 Å². The van der Waals surface area contributed by atoms with Crippen LogP contribution in [0.15, 0.2) is 29.1 Å². The molecule has 0 saturated carbocycles. The average molecular weight is 427 g/mol. The van der Waals surface area contributed by atoms with Crippen LogP contribution in [0.2, 0.25) is 0 Å². The Morgan fingerprint density at radius 3 is 2.73 bits per heavy atom. The Balaban J connectivity index is 1.76. The van der Waals surface area contributed by atoms with Crippen molar-refractivity contribution in [2.45, 2.75) is 58.0 Å². The Labute approximate surface area is 181 Å². The number of hydrogen-bond acceptors (Lipinski definition) is 4. The maximum absolute atomic E-state index is 13.0. The van der Waals surface area contributed by atoms with Gasteiger partial charge in [0, 0.05) is 29.7 Å². The Morgan fingerprint density at radius 2 is 1.93 bits per heavy atom. The molecule has 0 spiro atoms. The van der Waals surface area contributed by atoms with Gasteiger partial charge in [-0.1, -0.05) is 50.8 Å². The van der Waals surface area contributed by atoms with E-state index in [4.69, 9.17) is 12.2 Å². The number of benzene rings is 1. The maximum Gasteiger partial charge on any atom is 0.260 e. The number of aromatic nitrogens is 3. The van der Waals surface area contributed by atoms with Crippen molar-refractivity contribution in [1.29, 1.82) is 0 Å². The summed E-state index contributed by atoms with van der Waals surface area (Å²) in [6, 6.07) is 7.86. The molecule has 1 aliphatic heterocycles. The number of unbranched alkanes of at least 4 members (excludes halogenated alkanes) is 4. The van der Waals surface area contributed by atoms with E-state index in [9.17, 15) is 9.90 Å². The first-order chi connectivity index (χ1) is 14.5.